The Labute approximate surface area is 209 Å². The SMILES string of the molecule is COc1cc(Nc2ncc(Cc3cncc(C(N)=O)c3)c(-n3nc(C(F)(F)F)cc3C)n2)cc(OC)c1. The van der Waals surface area contributed by atoms with Gasteiger partial charge >= 0.3 is 6.18 Å². The first-order valence-electron chi connectivity index (χ1n) is 10.8. The van der Waals surface area contributed by atoms with Crippen LogP contribution in [0.1, 0.15) is 32.9 Å². The number of carbonyl (C=O) groups excluding carboxylic acids is 1. The zero-order valence-electron chi connectivity index (χ0n) is 20.0. The van der Waals surface area contributed by atoms with E-state index in [2.05, 4.69) is 25.4 Å². The average Bonchev–Trinajstić information content (AvgIpc) is 3.26. The molecule has 0 fully saturated rings. The summed E-state index contributed by atoms with van der Waals surface area (Å²) in [5.41, 5.74) is 6.25. The number of rotatable bonds is 8. The highest BCUT2D eigenvalue weighted by molar-refractivity contribution is 5.92. The van der Waals surface area contributed by atoms with Crippen LogP contribution in [0, 0.1) is 6.92 Å². The molecule has 0 unspecified atom stereocenters. The van der Waals surface area contributed by atoms with Crippen molar-refractivity contribution in [2.24, 2.45) is 5.73 Å². The van der Waals surface area contributed by atoms with Crippen molar-refractivity contribution in [3.8, 4) is 17.3 Å². The predicted octanol–water partition coefficient (Wildman–Crippen LogP) is 3.84. The van der Waals surface area contributed by atoms with E-state index >= 15 is 0 Å². The van der Waals surface area contributed by atoms with Crippen molar-refractivity contribution in [3.05, 3.63) is 77.0 Å². The molecule has 1 amide bonds. The molecule has 0 saturated heterocycles. The summed E-state index contributed by atoms with van der Waals surface area (Å²) in [6.45, 7) is 1.49. The largest absolute Gasteiger partial charge is 0.497 e. The Hall–Kier alpha value is -4.68. The number of benzene rings is 1. The molecule has 3 N–H and O–H groups in total. The van der Waals surface area contributed by atoms with Gasteiger partial charge in [-0.1, -0.05) is 0 Å². The van der Waals surface area contributed by atoms with Crippen molar-refractivity contribution >= 4 is 17.5 Å². The van der Waals surface area contributed by atoms with E-state index in [4.69, 9.17) is 15.2 Å². The van der Waals surface area contributed by atoms with Crippen molar-refractivity contribution < 1.29 is 27.4 Å². The highest BCUT2D eigenvalue weighted by atomic mass is 19.4. The Balaban J connectivity index is 1.79. The third-order valence-electron chi connectivity index (χ3n) is 5.30. The van der Waals surface area contributed by atoms with Gasteiger partial charge in [0.15, 0.2) is 11.5 Å². The molecule has 192 valence electrons. The van der Waals surface area contributed by atoms with Crippen molar-refractivity contribution in [1.82, 2.24) is 24.7 Å². The van der Waals surface area contributed by atoms with E-state index < -0.39 is 17.8 Å². The van der Waals surface area contributed by atoms with Gasteiger partial charge in [-0.2, -0.15) is 23.3 Å². The summed E-state index contributed by atoms with van der Waals surface area (Å²) < 4.78 is 51.8. The van der Waals surface area contributed by atoms with Crippen LogP contribution in [0.4, 0.5) is 24.8 Å². The summed E-state index contributed by atoms with van der Waals surface area (Å²) in [6.07, 6.45) is -0.181. The van der Waals surface area contributed by atoms with Gasteiger partial charge in [0.2, 0.25) is 11.9 Å². The number of aryl methyl sites for hydroxylation is 1. The third kappa shape index (κ3) is 5.77. The average molecular weight is 513 g/mol. The number of halogens is 3. The first kappa shape index (κ1) is 25.4. The summed E-state index contributed by atoms with van der Waals surface area (Å²) >= 11 is 0. The fourth-order valence-electron chi connectivity index (χ4n) is 3.54. The zero-order chi connectivity index (χ0) is 26.7. The summed E-state index contributed by atoms with van der Waals surface area (Å²) in [4.78, 5) is 24.4. The number of amides is 1. The van der Waals surface area contributed by atoms with E-state index in [0.29, 0.717) is 28.3 Å². The second kappa shape index (κ2) is 10.1. The number of hydrogen-bond acceptors (Lipinski definition) is 8. The second-order valence-corrected chi connectivity index (χ2v) is 7.97. The Morgan fingerprint density at radius 1 is 1.05 bits per heavy atom. The van der Waals surface area contributed by atoms with Crippen LogP contribution >= 0.6 is 0 Å². The van der Waals surface area contributed by atoms with E-state index in [9.17, 15) is 18.0 Å². The minimum absolute atomic E-state index is 0.0986. The maximum absolute atomic E-state index is 13.4. The van der Waals surface area contributed by atoms with Crippen molar-refractivity contribution in [1.29, 1.82) is 0 Å². The molecule has 0 aliphatic carbocycles. The number of ether oxygens (including phenoxy) is 2. The number of carbonyl (C=O) groups is 1. The monoisotopic (exact) mass is 513 g/mol. The number of anilines is 2. The van der Waals surface area contributed by atoms with Crippen LogP contribution in [0.2, 0.25) is 0 Å². The lowest BCUT2D eigenvalue weighted by atomic mass is 10.1. The van der Waals surface area contributed by atoms with Gasteiger partial charge in [0, 0.05) is 60.2 Å². The Morgan fingerprint density at radius 3 is 2.35 bits per heavy atom. The molecule has 13 heteroatoms. The standard InChI is InChI=1S/C24H22F3N7O3/c1-13-4-20(24(25,26)27)33-34(13)22-16(6-14-5-15(21(28)35)11-29-10-14)12-30-23(32-22)31-17-7-18(36-2)9-19(8-17)37-3/h4-5,7-12H,6H2,1-3H3,(H2,28,35)(H,30,31,32). The van der Waals surface area contributed by atoms with Crippen LogP contribution in [0.25, 0.3) is 5.82 Å². The number of nitrogens with zero attached hydrogens (tertiary/aromatic N) is 5. The summed E-state index contributed by atoms with van der Waals surface area (Å²) in [6, 6.07) is 7.52. The van der Waals surface area contributed by atoms with Crippen LogP contribution in [0.5, 0.6) is 11.5 Å². The molecular weight excluding hydrogens is 491 g/mol. The lowest BCUT2D eigenvalue weighted by molar-refractivity contribution is -0.141. The minimum atomic E-state index is -4.64. The molecule has 3 heterocycles. The Bertz CT molecular complexity index is 1430. The number of primary amides is 1. The van der Waals surface area contributed by atoms with E-state index in [1.807, 2.05) is 0 Å². The van der Waals surface area contributed by atoms with Gasteiger partial charge in [0.1, 0.15) is 11.5 Å². The Morgan fingerprint density at radius 2 is 1.76 bits per heavy atom. The van der Waals surface area contributed by atoms with Gasteiger partial charge in [-0.15, -0.1) is 0 Å². The smallest absolute Gasteiger partial charge is 0.435 e. The molecule has 1 aromatic carbocycles. The van der Waals surface area contributed by atoms with Crippen molar-refractivity contribution in [2.75, 3.05) is 19.5 Å². The lowest BCUT2D eigenvalue weighted by Crippen LogP contribution is -2.13. The predicted molar refractivity (Wildman–Crippen MR) is 127 cm³/mol. The molecule has 0 aliphatic heterocycles. The number of alkyl halides is 3. The van der Waals surface area contributed by atoms with Gasteiger partial charge in [-0.05, 0) is 24.6 Å². The normalized spacial score (nSPS) is 11.3. The first-order chi connectivity index (χ1) is 17.6. The quantitative estimate of drug-likeness (QED) is 0.364. The topological polar surface area (TPSA) is 130 Å². The molecule has 0 atom stereocenters. The van der Waals surface area contributed by atoms with Crippen LogP contribution in [-0.4, -0.2) is 44.9 Å². The minimum Gasteiger partial charge on any atom is -0.497 e. The maximum Gasteiger partial charge on any atom is 0.435 e. The first-order valence-corrected chi connectivity index (χ1v) is 10.8. The lowest BCUT2D eigenvalue weighted by Gasteiger charge is -2.14. The molecule has 3 aromatic heterocycles. The van der Waals surface area contributed by atoms with Gasteiger partial charge in [-0.3, -0.25) is 9.78 Å². The Kier molecular flexibility index (Phi) is 6.96. The van der Waals surface area contributed by atoms with Crippen LogP contribution in [0.15, 0.2) is 48.9 Å². The molecule has 4 rings (SSSR count). The summed E-state index contributed by atoms with van der Waals surface area (Å²) in [5, 5.41) is 6.76. The fraction of sp³-hybridized carbons (Fsp3) is 0.208. The summed E-state index contributed by atoms with van der Waals surface area (Å²) in [5.74, 6) is 0.583. The van der Waals surface area contributed by atoms with Gasteiger partial charge in [-0.25, -0.2) is 9.67 Å². The van der Waals surface area contributed by atoms with Crippen LogP contribution < -0.4 is 20.5 Å². The number of nitrogens with two attached hydrogens (primary N) is 1. The zero-order valence-corrected chi connectivity index (χ0v) is 20.0. The fourth-order valence-corrected chi connectivity index (χ4v) is 3.54. The number of aromatic nitrogens is 5. The highest BCUT2D eigenvalue weighted by Crippen LogP contribution is 2.31. The molecule has 37 heavy (non-hydrogen) atoms. The van der Waals surface area contributed by atoms with Gasteiger partial charge < -0.3 is 20.5 Å². The van der Waals surface area contributed by atoms with E-state index in [1.165, 1.54) is 39.7 Å². The molecule has 0 radical (unpaired) electrons. The van der Waals surface area contributed by atoms with Gasteiger partial charge in [0.25, 0.3) is 0 Å². The molecule has 0 saturated carbocycles. The molecule has 4 aromatic rings. The second-order valence-electron chi connectivity index (χ2n) is 7.97. The molecule has 0 aliphatic rings. The van der Waals surface area contributed by atoms with E-state index in [1.54, 1.807) is 24.3 Å². The molecular formula is C24H22F3N7O3. The summed E-state index contributed by atoms with van der Waals surface area (Å²) in [7, 11) is 3.01. The number of hydrogen-bond donors (Lipinski definition) is 2. The van der Waals surface area contributed by atoms with Crippen LogP contribution in [0.3, 0.4) is 0 Å². The van der Waals surface area contributed by atoms with E-state index in [-0.39, 0.29) is 29.4 Å². The molecule has 0 bridgehead atoms. The number of nitrogens with one attached hydrogen (secondary N) is 1. The van der Waals surface area contributed by atoms with E-state index in [0.717, 1.165) is 10.7 Å². The van der Waals surface area contributed by atoms with Crippen molar-refractivity contribution in [3.63, 3.8) is 0 Å². The maximum atomic E-state index is 13.4. The molecule has 0 spiro atoms. The number of methoxy groups -OCH3 is 2. The highest BCUT2D eigenvalue weighted by Gasteiger charge is 2.35. The number of pyridine rings is 1. The van der Waals surface area contributed by atoms with Crippen LogP contribution in [-0.2, 0) is 12.6 Å². The van der Waals surface area contributed by atoms with Gasteiger partial charge in [0.05, 0.1) is 19.8 Å². The molecule has 10 nitrogen and oxygen atoms in total. The van der Waals surface area contributed by atoms with Crippen molar-refractivity contribution in [2.45, 2.75) is 19.5 Å². The third-order valence-corrected chi connectivity index (χ3v) is 5.30.